The SMILES string of the molecule is CC1(COCCOc2ccc(C3(c4ccc(OCCOCC5(C)COC5)c(-c5ccccc5)c4)c4ccccc4-c4ccccc43)cc2-c2ccccc2)COC1. The minimum atomic E-state index is -0.635. The fraction of sp³-hybridized carbons (Fsp3) is 0.294. The van der Waals surface area contributed by atoms with E-state index in [0.29, 0.717) is 39.6 Å². The van der Waals surface area contributed by atoms with Crippen molar-refractivity contribution in [2.75, 3.05) is 66.1 Å². The molecule has 0 saturated carbocycles. The van der Waals surface area contributed by atoms with Crippen molar-refractivity contribution < 1.29 is 28.4 Å². The predicted octanol–water partition coefficient (Wildman–Crippen LogP) is 10.2. The Morgan fingerprint density at radius 1 is 0.439 bits per heavy atom. The van der Waals surface area contributed by atoms with Gasteiger partial charge in [-0.2, -0.15) is 0 Å². The summed E-state index contributed by atoms with van der Waals surface area (Å²) in [6, 6.07) is 52.3. The lowest BCUT2D eigenvalue weighted by molar-refractivity contribution is -0.139. The fourth-order valence-corrected chi connectivity index (χ4v) is 8.61. The number of hydrogen-bond donors (Lipinski definition) is 0. The van der Waals surface area contributed by atoms with Gasteiger partial charge in [0.2, 0.25) is 0 Å². The van der Waals surface area contributed by atoms with Crippen LogP contribution >= 0.6 is 0 Å². The van der Waals surface area contributed by atoms with Crippen molar-refractivity contribution in [3.63, 3.8) is 0 Å². The lowest BCUT2D eigenvalue weighted by Crippen LogP contribution is -2.43. The van der Waals surface area contributed by atoms with Crippen molar-refractivity contribution in [1.82, 2.24) is 0 Å². The largest absolute Gasteiger partial charge is 0.491 e. The van der Waals surface area contributed by atoms with Crippen molar-refractivity contribution in [3.8, 4) is 44.9 Å². The van der Waals surface area contributed by atoms with Gasteiger partial charge in [-0.3, -0.25) is 0 Å². The first kappa shape index (κ1) is 37.3. The van der Waals surface area contributed by atoms with Crippen molar-refractivity contribution in [2.24, 2.45) is 10.8 Å². The minimum Gasteiger partial charge on any atom is -0.491 e. The van der Waals surface area contributed by atoms with E-state index in [9.17, 15) is 0 Å². The molecule has 0 aromatic heterocycles. The van der Waals surface area contributed by atoms with E-state index in [-0.39, 0.29) is 10.8 Å². The summed E-state index contributed by atoms with van der Waals surface area (Å²) >= 11 is 0. The van der Waals surface area contributed by atoms with Gasteiger partial charge in [0.15, 0.2) is 0 Å². The molecule has 2 fully saturated rings. The summed E-state index contributed by atoms with van der Waals surface area (Å²) in [5.41, 5.74) is 11.1. The highest BCUT2D eigenvalue weighted by Gasteiger charge is 2.46. The highest BCUT2D eigenvalue weighted by Crippen LogP contribution is 2.57. The molecule has 0 radical (unpaired) electrons. The van der Waals surface area contributed by atoms with E-state index < -0.39 is 5.41 Å². The third kappa shape index (κ3) is 7.28. The van der Waals surface area contributed by atoms with E-state index in [2.05, 4.69) is 159 Å². The van der Waals surface area contributed by atoms with Crippen LogP contribution in [-0.2, 0) is 24.4 Å². The van der Waals surface area contributed by atoms with E-state index in [1.54, 1.807) is 0 Å². The highest BCUT2D eigenvalue weighted by atomic mass is 16.5. The summed E-state index contributed by atoms with van der Waals surface area (Å²) in [4.78, 5) is 0. The average molecular weight is 759 g/mol. The van der Waals surface area contributed by atoms with Crippen LogP contribution in [0.1, 0.15) is 36.1 Å². The third-order valence-electron chi connectivity index (χ3n) is 11.6. The molecule has 3 aliphatic rings. The number of rotatable bonds is 16. The number of fused-ring (bicyclic) bond motifs is 3. The number of hydrogen-bond acceptors (Lipinski definition) is 6. The Balaban J connectivity index is 1.13. The zero-order chi connectivity index (χ0) is 38.7. The molecule has 0 unspecified atom stereocenters. The maximum Gasteiger partial charge on any atom is 0.127 e. The lowest BCUT2D eigenvalue weighted by atomic mass is 9.67. The minimum absolute atomic E-state index is 0.0992. The summed E-state index contributed by atoms with van der Waals surface area (Å²) < 4.78 is 36.0. The third-order valence-corrected chi connectivity index (χ3v) is 11.6. The van der Waals surface area contributed by atoms with Gasteiger partial charge in [-0.05, 0) is 68.8 Å². The van der Waals surface area contributed by atoms with Crippen LogP contribution in [-0.4, -0.2) is 66.1 Å². The average Bonchev–Trinajstić information content (AvgIpc) is 3.54. The summed E-state index contributed by atoms with van der Waals surface area (Å²) in [5.74, 6) is 1.66. The Labute approximate surface area is 336 Å². The molecule has 290 valence electrons. The zero-order valence-electron chi connectivity index (χ0n) is 32.9. The van der Waals surface area contributed by atoms with Crippen LogP contribution in [0.3, 0.4) is 0 Å². The molecular weight excluding hydrogens is 709 g/mol. The molecular formula is C51H50O6. The maximum absolute atomic E-state index is 6.54. The Hall–Kier alpha value is -5.24. The summed E-state index contributed by atoms with van der Waals surface area (Å²) in [6.07, 6.45) is 0. The van der Waals surface area contributed by atoms with Crippen LogP contribution in [0.15, 0.2) is 146 Å². The molecule has 57 heavy (non-hydrogen) atoms. The predicted molar refractivity (Wildman–Crippen MR) is 225 cm³/mol. The summed E-state index contributed by atoms with van der Waals surface area (Å²) in [6.45, 7) is 10.6. The van der Waals surface area contributed by atoms with Crippen LogP contribution in [0.5, 0.6) is 11.5 Å². The second kappa shape index (κ2) is 16.0. The molecule has 0 amide bonds. The van der Waals surface area contributed by atoms with Gasteiger partial charge in [-0.15, -0.1) is 0 Å². The Kier molecular flexibility index (Phi) is 10.5. The summed E-state index contributed by atoms with van der Waals surface area (Å²) in [7, 11) is 0. The van der Waals surface area contributed by atoms with Crippen molar-refractivity contribution >= 4 is 0 Å². The smallest absolute Gasteiger partial charge is 0.127 e. The first-order valence-corrected chi connectivity index (χ1v) is 20.1. The van der Waals surface area contributed by atoms with E-state index in [1.165, 1.54) is 22.3 Å². The van der Waals surface area contributed by atoms with Crippen molar-refractivity contribution in [1.29, 1.82) is 0 Å². The van der Waals surface area contributed by atoms with Crippen LogP contribution in [0.25, 0.3) is 33.4 Å². The van der Waals surface area contributed by atoms with Gasteiger partial charge in [0.05, 0.1) is 58.3 Å². The van der Waals surface area contributed by atoms with Crippen molar-refractivity contribution in [2.45, 2.75) is 19.3 Å². The maximum atomic E-state index is 6.54. The second-order valence-electron chi connectivity index (χ2n) is 16.4. The van der Waals surface area contributed by atoms with Crippen LogP contribution in [0, 0.1) is 10.8 Å². The van der Waals surface area contributed by atoms with E-state index in [4.69, 9.17) is 28.4 Å². The Morgan fingerprint density at radius 2 is 0.842 bits per heavy atom. The van der Waals surface area contributed by atoms with Gasteiger partial charge in [0, 0.05) is 22.0 Å². The summed E-state index contributed by atoms with van der Waals surface area (Å²) in [5, 5.41) is 0. The highest BCUT2D eigenvalue weighted by molar-refractivity contribution is 5.88. The second-order valence-corrected chi connectivity index (χ2v) is 16.4. The van der Waals surface area contributed by atoms with Gasteiger partial charge >= 0.3 is 0 Å². The number of benzene rings is 6. The first-order valence-electron chi connectivity index (χ1n) is 20.1. The molecule has 0 N–H and O–H groups in total. The van der Waals surface area contributed by atoms with E-state index in [0.717, 1.165) is 71.3 Å². The fourth-order valence-electron chi connectivity index (χ4n) is 8.61. The van der Waals surface area contributed by atoms with Crippen molar-refractivity contribution in [3.05, 3.63) is 168 Å². The molecule has 9 rings (SSSR count). The standard InChI is InChI=1S/C51H50O6/c1-49(33-54-34-49)31-52-25-27-56-47-23-21-39(29-43(47)37-13-5-3-6-14-37)51(45-19-11-9-17-41(45)42-18-10-12-20-46(42)51)40-22-24-48(44(30-40)38-15-7-4-8-16-38)57-28-26-53-32-50(2)35-55-36-50/h3-24,29-30H,25-28,31-36H2,1-2H3. The molecule has 6 aromatic rings. The number of ether oxygens (including phenoxy) is 6. The van der Waals surface area contributed by atoms with Crippen LogP contribution < -0.4 is 9.47 Å². The molecule has 6 nitrogen and oxygen atoms in total. The zero-order valence-corrected chi connectivity index (χ0v) is 32.9. The molecule has 2 aliphatic heterocycles. The molecule has 1 aliphatic carbocycles. The molecule has 2 saturated heterocycles. The normalized spacial score (nSPS) is 16.8. The van der Waals surface area contributed by atoms with Gasteiger partial charge in [0.1, 0.15) is 24.7 Å². The first-order chi connectivity index (χ1) is 28.0. The molecule has 0 spiro atoms. The molecule has 0 bridgehead atoms. The Morgan fingerprint density at radius 3 is 1.25 bits per heavy atom. The van der Waals surface area contributed by atoms with E-state index >= 15 is 0 Å². The van der Waals surface area contributed by atoms with Gasteiger partial charge < -0.3 is 28.4 Å². The van der Waals surface area contributed by atoms with Gasteiger partial charge in [-0.1, -0.05) is 135 Å². The topological polar surface area (TPSA) is 55.4 Å². The molecule has 0 atom stereocenters. The molecule has 2 heterocycles. The van der Waals surface area contributed by atoms with E-state index in [1.807, 2.05) is 0 Å². The van der Waals surface area contributed by atoms with Crippen LogP contribution in [0.4, 0.5) is 0 Å². The molecule has 6 aromatic carbocycles. The Bertz CT molecular complexity index is 2150. The quantitative estimate of drug-likeness (QED) is 0.0915. The monoisotopic (exact) mass is 758 g/mol. The molecule has 6 heteroatoms. The van der Waals surface area contributed by atoms with Gasteiger partial charge in [0.25, 0.3) is 0 Å². The van der Waals surface area contributed by atoms with Gasteiger partial charge in [-0.25, -0.2) is 0 Å². The lowest BCUT2D eigenvalue weighted by Gasteiger charge is -2.37. The van der Waals surface area contributed by atoms with Crippen LogP contribution in [0.2, 0.25) is 0 Å².